The molecule has 0 radical (unpaired) electrons. The summed E-state index contributed by atoms with van der Waals surface area (Å²) < 4.78 is 66.2. The minimum absolute atomic E-state index is 0.0765. The van der Waals surface area contributed by atoms with Crippen LogP contribution in [0.3, 0.4) is 0 Å². The highest BCUT2D eigenvalue weighted by molar-refractivity contribution is 7.93. The number of H-pyrrole nitrogens is 1. The second-order valence-corrected chi connectivity index (χ2v) is 8.53. The molecule has 3 rings (SSSR count). The normalized spacial score (nSPS) is 13.1. The SMILES string of the molecule is Cc1cc(F)c(NS(=O)(=O)c2c[nH]c3cc(S(C)=O)ccc23)cc1F. The van der Waals surface area contributed by atoms with E-state index >= 15 is 0 Å². The van der Waals surface area contributed by atoms with Gasteiger partial charge in [0.05, 0.1) is 5.69 Å². The lowest BCUT2D eigenvalue weighted by Gasteiger charge is -2.09. The summed E-state index contributed by atoms with van der Waals surface area (Å²) in [6.07, 6.45) is 2.76. The van der Waals surface area contributed by atoms with E-state index in [1.165, 1.54) is 25.4 Å². The quantitative estimate of drug-likeness (QED) is 0.724. The summed E-state index contributed by atoms with van der Waals surface area (Å²) in [5.41, 5.74) is 0.0833. The van der Waals surface area contributed by atoms with Crippen molar-refractivity contribution in [2.75, 3.05) is 11.0 Å². The summed E-state index contributed by atoms with van der Waals surface area (Å²) >= 11 is 0. The molecule has 3 aromatic rings. The molecule has 0 saturated carbocycles. The molecule has 0 saturated heterocycles. The number of aromatic amines is 1. The van der Waals surface area contributed by atoms with Crippen molar-refractivity contribution < 1.29 is 21.4 Å². The number of anilines is 1. The van der Waals surface area contributed by atoms with Crippen molar-refractivity contribution in [1.82, 2.24) is 4.98 Å². The first kappa shape index (κ1) is 17.6. The summed E-state index contributed by atoms with van der Waals surface area (Å²) in [7, 11) is -5.36. The van der Waals surface area contributed by atoms with Crippen LogP contribution >= 0.6 is 0 Å². The minimum Gasteiger partial charge on any atom is -0.360 e. The third kappa shape index (κ3) is 3.29. The third-order valence-electron chi connectivity index (χ3n) is 3.73. The molecule has 5 nitrogen and oxygen atoms in total. The number of nitrogens with one attached hydrogen (secondary N) is 2. The fourth-order valence-corrected chi connectivity index (χ4v) is 4.19. The summed E-state index contributed by atoms with van der Waals surface area (Å²) in [6, 6.07) is 6.37. The van der Waals surface area contributed by atoms with Gasteiger partial charge in [0.25, 0.3) is 10.0 Å². The van der Waals surface area contributed by atoms with Crippen LogP contribution in [0.15, 0.2) is 46.3 Å². The maximum Gasteiger partial charge on any atom is 0.264 e. The van der Waals surface area contributed by atoms with E-state index in [2.05, 4.69) is 9.71 Å². The molecule has 0 aliphatic heterocycles. The molecule has 2 N–H and O–H groups in total. The van der Waals surface area contributed by atoms with E-state index in [1.807, 2.05) is 0 Å². The Hall–Kier alpha value is -2.26. The number of fused-ring (bicyclic) bond motifs is 1. The molecule has 1 heterocycles. The van der Waals surface area contributed by atoms with Crippen LogP contribution in [-0.4, -0.2) is 23.9 Å². The van der Waals surface area contributed by atoms with Crippen LogP contribution in [0.1, 0.15) is 5.56 Å². The largest absolute Gasteiger partial charge is 0.360 e. The molecular weight excluding hydrogens is 370 g/mol. The summed E-state index contributed by atoms with van der Waals surface area (Å²) in [6.45, 7) is 1.38. The van der Waals surface area contributed by atoms with E-state index in [9.17, 15) is 21.4 Å². The molecular formula is C16H14F2N2O3S2. The second kappa shape index (κ2) is 6.23. The van der Waals surface area contributed by atoms with Gasteiger partial charge in [-0.1, -0.05) is 6.07 Å². The number of sulfonamides is 1. The van der Waals surface area contributed by atoms with Gasteiger partial charge >= 0.3 is 0 Å². The first-order valence-electron chi connectivity index (χ1n) is 7.12. The average Bonchev–Trinajstić information content (AvgIpc) is 2.96. The zero-order valence-electron chi connectivity index (χ0n) is 13.3. The Kier molecular flexibility index (Phi) is 4.38. The molecule has 9 heteroatoms. The topological polar surface area (TPSA) is 79.0 Å². The Morgan fingerprint density at radius 3 is 2.52 bits per heavy atom. The molecule has 0 aliphatic carbocycles. The number of aromatic nitrogens is 1. The van der Waals surface area contributed by atoms with Gasteiger partial charge in [-0.15, -0.1) is 0 Å². The molecule has 25 heavy (non-hydrogen) atoms. The van der Waals surface area contributed by atoms with Crippen LogP contribution < -0.4 is 4.72 Å². The molecule has 1 aromatic heterocycles. The highest BCUT2D eigenvalue weighted by Crippen LogP contribution is 2.28. The Morgan fingerprint density at radius 2 is 1.84 bits per heavy atom. The van der Waals surface area contributed by atoms with Gasteiger partial charge < -0.3 is 4.98 Å². The predicted molar refractivity (Wildman–Crippen MR) is 92.5 cm³/mol. The first-order valence-corrected chi connectivity index (χ1v) is 10.2. The second-order valence-electron chi connectivity index (χ2n) is 5.50. The zero-order chi connectivity index (χ0) is 18.4. The lowest BCUT2D eigenvalue weighted by atomic mass is 10.2. The van der Waals surface area contributed by atoms with E-state index < -0.39 is 38.1 Å². The monoisotopic (exact) mass is 384 g/mol. The highest BCUT2D eigenvalue weighted by Gasteiger charge is 2.21. The van der Waals surface area contributed by atoms with Crippen LogP contribution in [0.4, 0.5) is 14.5 Å². The molecule has 0 fully saturated rings. The lowest BCUT2D eigenvalue weighted by molar-refractivity contribution is 0.591. The minimum atomic E-state index is -4.15. The Labute approximate surface area is 145 Å². The molecule has 0 spiro atoms. The van der Waals surface area contributed by atoms with Gasteiger partial charge in [-0.05, 0) is 30.7 Å². The predicted octanol–water partition coefficient (Wildman–Crippen LogP) is 3.29. The van der Waals surface area contributed by atoms with E-state index in [-0.39, 0.29) is 10.5 Å². The standard InChI is InChI=1S/C16H14F2N2O3S2/c1-9-5-13(18)15(7-12(9)17)20-25(22,23)16-8-19-14-6-10(24(2)21)3-4-11(14)16/h3-8,19-20H,1-2H3. The van der Waals surface area contributed by atoms with Crippen molar-refractivity contribution in [3.8, 4) is 0 Å². The van der Waals surface area contributed by atoms with E-state index in [1.54, 1.807) is 12.1 Å². The molecule has 1 unspecified atom stereocenters. The number of aryl methyl sites for hydroxylation is 1. The van der Waals surface area contributed by atoms with Gasteiger partial charge in [-0.2, -0.15) is 0 Å². The van der Waals surface area contributed by atoms with Gasteiger partial charge in [-0.3, -0.25) is 8.93 Å². The van der Waals surface area contributed by atoms with Crippen molar-refractivity contribution in [2.45, 2.75) is 16.7 Å². The molecule has 0 aliphatic rings. The number of hydrogen-bond donors (Lipinski definition) is 2. The van der Waals surface area contributed by atoms with E-state index in [0.717, 1.165) is 12.1 Å². The van der Waals surface area contributed by atoms with Crippen LogP contribution in [0, 0.1) is 18.6 Å². The Bertz CT molecular complexity index is 1110. The molecule has 0 amide bonds. The van der Waals surface area contributed by atoms with Gasteiger partial charge in [0, 0.05) is 45.1 Å². The van der Waals surface area contributed by atoms with Crippen molar-refractivity contribution >= 4 is 37.4 Å². The molecule has 2 aromatic carbocycles. The Morgan fingerprint density at radius 1 is 1.12 bits per heavy atom. The van der Waals surface area contributed by atoms with Crippen LogP contribution in [0.25, 0.3) is 10.9 Å². The van der Waals surface area contributed by atoms with Crippen LogP contribution in [0.5, 0.6) is 0 Å². The van der Waals surface area contributed by atoms with Gasteiger partial charge in [-0.25, -0.2) is 17.2 Å². The lowest BCUT2D eigenvalue weighted by Crippen LogP contribution is -2.14. The fraction of sp³-hybridized carbons (Fsp3) is 0.125. The first-order chi connectivity index (χ1) is 11.7. The number of rotatable bonds is 4. The zero-order valence-corrected chi connectivity index (χ0v) is 14.9. The van der Waals surface area contributed by atoms with E-state index in [0.29, 0.717) is 15.8 Å². The van der Waals surface area contributed by atoms with Crippen molar-refractivity contribution in [1.29, 1.82) is 0 Å². The van der Waals surface area contributed by atoms with Crippen LogP contribution in [0.2, 0.25) is 0 Å². The van der Waals surface area contributed by atoms with Gasteiger partial charge in [0.1, 0.15) is 16.5 Å². The van der Waals surface area contributed by atoms with Gasteiger partial charge in [0.15, 0.2) is 0 Å². The van der Waals surface area contributed by atoms with Crippen molar-refractivity contribution in [2.24, 2.45) is 0 Å². The van der Waals surface area contributed by atoms with Crippen LogP contribution in [-0.2, 0) is 20.8 Å². The average molecular weight is 384 g/mol. The third-order valence-corrected chi connectivity index (χ3v) is 6.05. The van der Waals surface area contributed by atoms with Crippen molar-refractivity contribution in [3.63, 3.8) is 0 Å². The smallest absolute Gasteiger partial charge is 0.264 e. The highest BCUT2D eigenvalue weighted by atomic mass is 32.2. The maximum atomic E-state index is 13.9. The number of benzene rings is 2. The summed E-state index contributed by atoms with van der Waals surface area (Å²) in [5, 5.41) is 0.356. The number of halogens is 2. The maximum absolute atomic E-state index is 13.9. The Balaban J connectivity index is 2.05. The van der Waals surface area contributed by atoms with E-state index in [4.69, 9.17) is 0 Å². The molecule has 1 atom stereocenters. The molecule has 132 valence electrons. The summed E-state index contributed by atoms with van der Waals surface area (Å²) in [5.74, 6) is -1.58. The van der Waals surface area contributed by atoms with Gasteiger partial charge in [0.2, 0.25) is 0 Å². The van der Waals surface area contributed by atoms with Crippen molar-refractivity contribution in [3.05, 3.63) is 53.7 Å². The molecule has 0 bridgehead atoms. The number of hydrogen-bond acceptors (Lipinski definition) is 3. The fourth-order valence-electron chi connectivity index (χ4n) is 2.40. The summed E-state index contributed by atoms with van der Waals surface area (Å²) in [4.78, 5) is 3.21.